The first kappa shape index (κ1) is 16.7. The molecule has 1 heterocycles. The summed E-state index contributed by atoms with van der Waals surface area (Å²) < 4.78 is 0. The number of hydrogen-bond donors (Lipinski definition) is 1. The molecule has 25 heavy (non-hydrogen) atoms. The fourth-order valence-corrected chi connectivity index (χ4v) is 2.94. The van der Waals surface area contributed by atoms with E-state index in [0.717, 1.165) is 11.1 Å². The van der Waals surface area contributed by atoms with Crippen LogP contribution in [0.1, 0.15) is 16.8 Å². The average Bonchev–Trinajstić information content (AvgIpc) is 3.07. The van der Waals surface area contributed by atoms with Crippen molar-refractivity contribution in [2.24, 2.45) is 5.16 Å². The number of nitrogens with zero attached hydrogens (tertiary/aromatic N) is 2. The first-order chi connectivity index (χ1) is 12.1. The maximum atomic E-state index is 12.7. The van der Waals surface area contributed by atoms with Crippen molar-refractivity contribution in [1.29, 1.82) is 0 Å². The van der Waals surface area contributed by atoms with E-state index in [9.17, 15) is 14.7 Å². The van der Waals surface area contributed by atoms with Gasteiger partial charge >= 0.3 is 5.97 Å². The zero-order chi connectivity index (χ0) is 17.8. The second-order valence-electron chi connectivity index (χ2n) is 5.77. The van der Waals surface area contributed by atoms with Gasteiger partial charge in [-0.1, -0.05) is 47.6 Å². The van der Waals surface area contributed by atoms with Gasteiger partial charge < -0.3 is 14.8 Å². The molecule has 1 atom stereocenters. The van der Waals surface area contributed by atoms with Crippen molar-refractivity contribution >= 4 is 17.6 Å². The van der Waals surface area contributed by atoms with Crippen molar-refractivity contribution in [1.82, 2.24) is 4.90 Å². The maximum absolute atomic E-state index is 12.7. The number of carbonyl (C=O) groups excluding carboxylic acids is 1. The highest BCUT2D eigenvalue weighted by molar-refractivity contribution is 6.04. The van der Waals surface area contributed by atoms with Crippen LogP contribution in [-0.2, 0) is 9.63 Å². The van der Waals surface area contributed by atoms with Gasteiger partial charge in [0, 0.05) is 12.0 Å². The predicted octanol–water partition coefficient (Wildman–Crippen LogP) is 2.66. The summed E-state index contributed by atoms with van der Waals surface area (Å²) in [5.74, 6) is -1.37. The minimum Gasteiger partial charge on any atom is -0.480 e. The zero-order valence-electron chi connectivity index (χ0n) is 13.8. The van der Waals surface area contributed by atoms with E-state index in [1.807, 2.05) is 42.5 Å². The normalized spacial score (nSPS) is 18.4. The number of rotatable bonds is 4. The largest absolute Gasteiger partial charge is 0.480 e. The Morgan fingerprint density at radius 1 is 1.08 bits per heavy atom. The molecule has 0 spiro atoms. The lowest BCUT2D eigenvalue weighted by molar-refractivity contribution is -0.141. The molecular formula is C19H18N2O4. The van der Waals surface area contributed by atoms with Crippen molar-refractivity contribution in [2.45, 2.75) is 12.5 Å². The number of carbonyl (C=O) groups is 2. The van der Waals surface area contributed by atoms with E-state index in [2.05, 4.69) is 5.16 Å². The Labute approximate surface area is 145 Å². The molecule has 2 aromatic rings. The van der Waals surface area contributed by atoms with Crippen LogP contribution in [-0.4, -0.2) is 47.3 Å². The average molecular weight is 338 g/mol. The van der Waals surface area contributed by atoms with E-state index in [4.69, 9.17) is 4.84 Å². The van der Waals surface area contributed by atoms with Crippen LogP contribution >= 0.6 is 0 Å². The van der Waals surface area contributed by atoms with E-state index in [-0.39, 0.29) is 18.9 Å². The van der Waals surface area contributed by atoms with Gasteiger partial charge in [0.15, 0.2) is 0 Å². The second-order valence-corrected chi connectivity index (χ2v) is 5.77. The molecule has 2 aromatic carbocycles. The van der Waals surface area contributed by atoms with E-state index in [0.29, 0.717) is 11.3 Å². The summed E-state index contributed by atoms with van der Waals surface area (Å²) in [5.41, 5.74) is 3.05. The Kier molecular flexibility index (Phi) is 4.79. The lowest BCUT2D eigenvalue weighted by atomic mass is 10.0. The number of likely N-dealkylation sites (tertiary alicyclic amines) is 1. The summed E-state index contributed by atoms with van der Waals surface area (Å²) in [6.07, 6.45) is 0.178. The summed E-state index contributed by atoms with van der Waals surface area (Å²) in [6, 6.07) is 16.1. The lowest BCUT2D eigenvalue weighted by Gasteiger charge is -2.20. The van der Waals surface area contributed by atoms with Crippen LogP contribution < -0.4 is 0 Å². The van der Waals surface area contributed by atoms with Gasteiger partial charge in [0.1, 0.15) is 13.2 Å². The van der Waals surface area contributed by atoms with Crippen molar-refractivity contribution in [2.75, 3.05) is 13.7 Å². The highest BCUT2D eigenvalue weighted by atomic mass is 16.6. The molecule has 0 aromatic heterocycles. The second kappa shape index (κ2) is 7.17. The molecule has 1 fully saturated rings. The fourth-order valence-electron chi connectivity index (χ4n) is 2.94. The molecule has 1 saturated heterocycles. The molecule has 128 valence electrons. The molecule has 1 amide bonds. The molecule has 0 unspecified atom stereocenters. The molecule has 6 nitrogen and oxygen atoms in total. The monoisotopic (exact) mass is 338 g/mol. The first-order valence-electron chi connectivity index (χ1n) is 7.88. The Morgan fingerprint density at radius 3 is 2.32 bits per heavy atom. The molecule has 0 aliphatic carbocycles. The van der Waals surface area contributed by atoms with Crippen LogP contribution in [0.2, 0.25) is 0 Å². The summed E-state index contributed by atoms with van der Waals surface area (Å²) in [6.45, 7) is 0.157. The highest BCUT2D eigenvalue weighted by Crippen LogP contribution is 2.23. The number of hydrogen-bond acceptors (Lipinski definition) is 4. The van der Waals surface area contributed by atoms with Gasteiger partial charge in [0.25, 0.3) is 5.91 Å². The number of carboxylic acids is 1. The van der Waals surface area contributed by atoms with E-state index in [1.165, 1.54) is 12.0 Å². The smallest absolute Gasteiger partial charge is 0.326 e. The quantitative estimate of drug-likeness (QED) is 0.869. The number of carboxylic acid groups (broad SMARTS) is 1. The minimum absolute atomic E-state index is 0.157. The van der Waals surface area contributed by atoms with Crippen LogP contribution in [0, 0.1) is 0 Å². The standard InChI is InChI=1S/C19H18N2O4/c1-25-20-16-11-17(19(23)24)21(12-16)18(22)15-9-7-14(8-10-15)13-5-3-2-4-6-13/h2-10,17H,11-12H2,1H3,(H,23,24)/t17-/m0/s1. The maximum Gasteiger partial charge on any atom is 0.326 e. The van der Waals surface area contributed by atoms with Crippen LogP contribution in [0.25, 0.3) is 11.1 Å². The Balaban J connectivity index is 1.82. The Bertz CT molecular complexity index is 800. The molecule has 1 N–H and O–H groups in total. The van der Waals surface area contributed by atoms with Crippen LogP contribution in [0.5, 0.6) is 0 Å². The van der Waals surface area contributed by atoms with Gasteiger partial charge in [0.05, 0.1) is 12.3 Å². The van der Waals surface area contributed by atoms with Crippen molar-refractivity contribution < 1.29 is 19.5 Å². The van der Waals surface area contributed by atoms with Crippen LogP contribution in [0.4, 0.5) is 0 Å². The molecule has 3 rings (SSSR count). The number of oxime groups is 1. The predicted molar refractivity (Wildman–Crippen MR) is 93.4 cm³/mol. The van der Waals surface area contributed by atoms with Crippen molar-refractivity contribution in [3.05, 3.63) is 60.2 Å². The molecule has 0 radical (unpaired) electrons. The fraction of sp³-hybridized carbons (Fsp3) is 0.211. The minimum atomic E-state index is -1.05. The van der Waals surface area contributed by atoms with Gasteiger partial charge in [-0.25, -0.2) is 4.79 Å². The van der Waals surface area contributed by atoms with Gasteiger partial charge in [-0.2, -0.15) is 0 Å². The van der Waals surface area contributed by atoms with E-state index in [1.54, 1.807) is 12.1 Å². The van der Waals surface area contributed by atoms with Crippen LogP contribution in [0.15, 0.2) is 59.8 Å². The SMILES string of the molecule is CON=C1C[C@@H](C(=O)O)N(C(=O)c2ccc(-c3ccccc3)cc2)C1. The van der Waals surface area contributed by atoms with Gasteiger partial charge in [-0.15, -0.1) is 0 Å². The first-order valence-corrected chi connectivity index (χ1v) is 7.88. The van der Waals surface area contributed by atoms with Crippen molar-refractivity contribution in [3.63, 3.8) is 0 Å². The number of benzene rings is 2. The number of amides is 1. The third-order valence-electron chi connectivity index (χ3n) is 4.16. The van der Waals surface area contributed by atoms with Gasteiger partial charge in [-0.3, -0.25) is 4.79 Å². The zero-order valence-corrected chi connectivity index (χ0v) is 13.8. The topological polar surface area (TPSA) is 79.2 Å². The number of aliphatic carboxylic acids is 1. The molecule has 0 bridgehead atoms. The Morgan fingerprint density at radius 2 is 1.72 bits per heavy atom. The van der Waals surface area contributed by atoms with Crippen molar-refractivity contribution in [3.8, 4) is 11.1 Å². The third kappa shape index (κ3) is 3.52. The van der Waals surface area contributed by atoms with E-state index < -0.39 is 12.0 Å². The molecule has 6 heteroatoms. The highest BCUT2D eigenvalue weighted by Gasteiger charge is 2.38. The van der Waals surface area contributed by atoms with Gasteiger partial charge in [-0.05, 0) is 23.3 Å². The van der Waals surface area contributed by atoms with Crippen LogP contribution in [0.3, 0.4) is 0 Å². The molecular weight excluding hydrogens is 320 g/mol. The molecule has 1 aliphatic heterocycles. The summed E-state index contributed by atoms with van der Waals surface area (Å²) in [4.78, 5) is 30.2. The summed E-state index contributed by atoms with van der Waals surface area (Å²) in [5, 5.41) is 13.2. The third-order valence-corrected chi connectivity index (χ3v) is 4.16. The molecule has 0 saturated carbocycles. The summed E-state index contributed by atoms with van der Waals surface area (Å²) in [7, 11) is 1.40. The van der Waals surface area contributed by atoms with Gasteiger partial charge in [0.2, 0.25) is 0 Å². The molecule has 1 aliphatic rings. The lowest BCUT2D eigenvalue weighted by Crippen LogP contribution is -2.40. The van der Waals surface area contributed by atoms with E-state index >= 15 is 0 Å². The Hall–Kier alpha value is -3.15. The summed E-state index contributed by atoms with van der Waals surface area (Å²) >= 11 is 0.